The lowest BCUT2D eigenvalue weighted by Crippen LogP contribution is -2.46. The summed E-state index contributed by atoms with van der Waals surface area (Å²) in [7, 11) is 0. The van der Waals surface area contributed by atoms with Crippen LogP contribution in [-0.2, 0) is 11.3 Å². The molecule has 34 heavy (non-hydrogen) atoms. The predicted octanol–water partition coefficient (Wildman–Crippen LogP) is 4.29. The Balaban J connectivity index is 1.32. The lowest BCUT2D eigenvalue weighted by Gasteiger charge is -2.31. The molecule has 2 amide bonds. The van der Waals surface area contributed by atoms with Crippen molar-refractivity contribution in [3.63, 3.8) is 0 Å². The number of carbonyl (C=O) groups excluding carboxylic acids is 2. The van der Waals surface area contributed by atoms with E-state index in [2.05, 4.69) is 41.6 Å². The number of aryl methyl sites for hydroxylation is 2. The zero-order chi connectivity index (χ0) is 24.1. The molecule has 2 heterocycles. The molecule has 1 aliphatic rings. The van der Waals surface area contributed by atoms with Crippen LogP contribution in [0.2, 0.25) is 0 Å². The Hall–Kier alpha value is -3.67. The Labute approximate surface area is 201 Å². The van der Waals surface area contributed by atoms with Gasteiger partial charge in [0, 0.05) is 42.0 Å². The van der Waals surface area contributed by atoms with Crippen LogP contribution in [0.4, 0.5) is 0 Å². The molecule has 1 saturated heterocycles. The largest absolute Gasteiger partial charge is 0.349 e. The molecule has 1 fully saturated rings. The third-order valence-corrected chi connectivity index (χ3v) is 6.46. The predicted molar refractivity (Wildman–Crippen MR) is 135 cm³/mol. The summed E-state index contributed by atoms with van der Waals surface area (Å²) in [5.41, 5.74) is 6.05. The number of hydrogen-bond donors (Lipinski definition) is 1. The lowest BCUT2D eigenvalue weighted by molar-refractivity contribution is -0.126. The zero-order valence-electron chi connectivity index (χ0n) is 20.1. The van der Waals surface area contributed by atoms with Crippen LogP contribution in [0.15, 0.2) is 60.7 Å². The van der Waals surface area contributed by atoms with E-state index in [0.29, 0.717) is 25.2 Å². The SMILES string of the molecule is Cc1ccc(Cn2nc(C)c(/C=C/C(=O)N3CCC(NC(=O)c4ccccc4)CC3)c2C)cc1. The number of nitrogens with one attached hydrogen (secondary N) is 1. The number of benzene rings is 2. The molecule has 0 radical (unpaired) electrons. The van der Waals surface area contributed by atoms with Crippen LogP contribution in [0.25, 0.3) is 6.08 Å². The van der Waals surface area contributed by atoms with E-state index in [1.165, 1.54) is 11.1 Å². The van der Waals surface area contributed by atoms with E-state index in [9.17, 15) is 9.59 Å². The fourth-order valence-corrected chi connectivity index (χ4v) is 4.33. The van der Waals surface area contributed by atoms with Gasteiger partial charge in [-0.25, -0.2) is 0 Å². The van der Waals surface area contributed by atoms with Gasteiger partial charge in [-0.1, -0.05) is 48.0 Å². The van der Waals surface area contributed by atoms with Crippen molar-refractivity contribution < 1.29 is 9.59 Å². The van der Waals surface area contributed by atoms with Gasteiger partial charge < -0.3 is 10.2 Å². The molecular weight excluding hydrogens is 424 g/mol. The molecule has 0 bridgehead atoms. The van der Waals surface area contributed by atoms with Crippen LogP contribution in [0.3, 0.4) is 0 Å². The lowest BCUT2D eigenvalue weighted by atomic mass is 10.0. The number of aromatic nitrogens is 2. The first-order chi connectivity index (χ1) is 16.4. The van der Waals surface area contributed by atoms with Gasteiger partial charge in [-0.2, -0.15) is 5.10 Å². The highest BCUT2D eigenvalue weighted by atomic mass is 16.2. The first-order valence-corrected chi connectivity index (χ1v) is 11.8. The van der Waals surface area contributed by atoms with Crippen molar-refractivity contribution >= 4 is 17.9 Å². The molecule has 0 spiro atoms. The second kappa shape index (κ2) is 10.5. The molecule has 6 nitrogen and oxygen atoms in total. The van der Waals surface area contributed by atoms with Gasteiger partial charge in [-0.3, -0.25) is 14.3 Å². The van der Waals surface area contributed by atoms with Gasteiger partial charge in [0.25, 0.3) is 5.91 Å². The molecule has 1 N–H and O–H groups in total. The summed E-state index contributed by atoms with van der Waals surface area (Å²) in [6.45, 7) is 8.07. The maximum absolute atomic E-state index is 12.8. The summed E-state index contributed by atoms with van der Waals surface area (Å²) in [5.74, 6) is -0.0585. The highest BCUT2D eigenvalue weighted by molar-refractivity contribution is 5.94. The minimum Gasteiger partial charge on any atom is -0.349 e. The Kier molecular flexibility index (Phi) is 7.26. The molecule has 1 aliphatic heterocycles. The molecule has 1 aromatic heterocycles. The van der Waals surface area contributed by atoms with E-state index >= 15 is 0 Å². The van der Waals surface area contributed by atoms with Crippen molar-refractivity contribution in [1.82, 2.24) is 20.0 Å². The fraction of sp³-hybridized carbons (Fsp3) is 0.321. The monoisotopic (exact) mass is 456 g/mol. The Morgan fingerprint density at radius 3 is 2.35 bits per heavy atom. The van der Waals surface area contributed by atoms with Crippen LogP contribution >= 0.6 is 0 Å². The molecule has 0 atom stereocenters. The molecule has 0 saturated carbocycles. The van der Waals surface area contributed by atoms with Crippen LogP contribution < -0.4 is 5.32 Å². The van der Waals surface area contributed by atoms with Crippen LogP contribution in [0.5, 0.6) is 0 Å². The second-order valence-electron chi connectivity index (χ2n) is 9.00. The van der Waals surface area contributed by atoms with Gasteiger partial charge >= 0.3 is 0 Å². The maximum atomic E-state index is 12.8. The van der Waals surface area contributed by atoms with Gasteiger partial charge in [-0.05, 0) is 57.4 Å². The van der Waals surface area contributed by atoms with E-state index < -0.39 is 0 Å². The molecule has 3 aromatic rings. The summed E-state index contributed by atoms with van der Waals surface area (Å²) in [5, 5.41) is 7.77. The molecule has 2 aromatic carbocycles. The van der Waals surface area contributed by atoms with Crippen molar-refractivity contribution in [1.29, 1.82) is 0 Å². The zero-order valence-corrected chi connectivity index (χ0v) is 20.1. The van der Waals surface area contributed by atoms with Crippen molar-refractivity contribution in [2.75, 3.05) is 13.1 Å². The normalized spacial score (nSPS) is 14.5. The van der Waals surface area contributed by atoms with E-state index in [-0.39, 0.29) is 17.9 Å². The Morgan fingerprint density at radius 2 is 1.68 bits per heavy atom. The highest BCUT2D eigenvalue weighted by Gasteiger charge is 2.23. The molecule has 4 rings (SSSR count). The number of amides is 2. The van der Waals surface area contributed by atoms with Crippen molar-refractivity contribution in [3.05, 3.63) is 94.3 Å². The summed E-state index contributed by atoms with van der Waals surface area (Å²) in [6, 6.07) is 17.8. The van der Waals surface area contributed by atoms with Gasteiger partial charge in [-0.15, -0.1) is 0 Å². The number of nitrogens with zero attached hydrogens (tertiary/aromatic N) is 3. The number of rotatable bonds is 6. The number of likely N-dealkylation sites (tertiary alicyclic amines) is 1. The second-order valence-corrected chi connectivity index (χ2v) is 9.00. The molecule has 176 valence electrons. The Morgan fingerprint density at radius 1 is 1.00 bits per heavy atom. The standard InChI is InChI=1S/C28H32N4O2/c1-20-9-11-23(12-10-20)19-32-22(3)26(21(2)30-32)13-14-27(33)31-17-15-25(16-18-31)29-28(34)24-7-5-4-6-8-24/h4-14,25H,15-19H2,1-3H3,(H,29,34)/b14-13+. The van der Waals surface area contributed by atoms with E-state index in [0.717, 1.165) is 29.8 Å². The van der Waals surface area contributed by atoms with Gasteiger partial charge in [0.15, 0.2) is 0 Å². The van der Waals surface area contributed by atoms with E-state index in [1.54, 1.807) is 6.08 Å². The summed E-state index contributed by atoms with van der Waals surface area (Å²) >= 11 is 0. The molecule has 6 heteroatoms. The fourth-order valence-electron chi connectivity index (χ4n) is 4.33. The smallest absolute Gasteiger partial charge is 0.251 e. The third kappa shape index (κ3) is 5.63. The average Bonchev–Trinajstić information content (AvgIpc) is 3.12. The van der Waals surface area contributed by atoms with E-state index in [1.807, 2.05) is 59.8 Å². The maximum Gasteiger partial charge on any atom is 0.251 e. The minimum absolute atomic E-state index is 0.00193. The first-order valence-electron chi connectivity index (χ1n) is 11.8. The summed E-state index contributed by atoms with van der Waals surface area (Å²) in [4.78, 5) is 27.0. The molecule has 0 unspecified atom stereocenters. The topological polar surface area (TPSA) is 67.2 Å². The molecular formula is C28H32N4O2. The quantitative estimate of drug-likeness (QED) is 0.563. The van der Waals surface area contributed by atoms with Crippen molar-refractivity contribution in [2.24, 2.45) is 0 Å². The Bertz CT molecular complexity index is 1170. The minimum atomic E-state index is -0.0566. The summed E-state index contributed by atoms with van der Waals surface area (Å²) < 4.78 is 1.99. The third-order valence-electron chi connectivity index (χ3n) is 6.46. The van der Waals surface area contributed by atoms with Crippen molar-refractivity contribution in [3.8, 4) is 0 Å². The van der Waals surface area contributed by atoms with E-state index in [4.69, 9.17) is 0 Å². The number of carbonyl (C=O) groups is 2. The molecule has 0 aliphatic carbocycles. The summed E-state index contributed by atoms with van der Waals surface area (Å²) in [6.07, 6.45) is 5.04. The van der Waals surface area contributed by atoms with Gasteiger partial charge in [0.1, 0.15) is 0 Å². The highest BCUT2D eigenvalue weighted by Crippen LogP contribution is 2.18. The number of hydrogen-bond acceptors (Lipinski definition) is 3. The van der Waals surface area contributed by atoms with Crippen LogP contribution in [0, 0.1) is 20.8 Å². The van der Waals surface area contributed by atoms with Crippen molar-refractivity contribution in [2.45, 2.75) is 46.2 Å². The number of piperidine rings is 1. The first kappa shape index (κ1) is 23.5. The van der Waals surface area contributed by atoms with Gasteiger partial charge in [0.2, 0.25) is 5.91 Å². The van der Waals surface area contributed by atoms with Gasteiger partial charge in [0.05, 0.1) is 12.2 Å². The van der Waals surface area contributed by atoms with Crippen LogP contribution in [0.1, 0.15) is 51.3 Å². The van der Waals surface area contributed by atoms with Crippen LogP contribution in [-0.4, -0.2) is 45.6 Å². The average molecular weight is 457 g/mol.